The van der Waals surface area contributed by atoms with Gasteiger partial charge < -0.3 is 4.74 Å². The minimum Gasteiger partial charge on any atom is -0.369 e. The number of rotatable bonds is 3. The minimum atomic E-state index is -3.05. The Kier molecular flexibility index (Phi) is 0.847. The van der Waals surface area contributed by atoms with Crippen LogP contribution in [0.15, 0.2) is 0 Å². The summed E-state index contributed by atoms with van der Waals surface area (Å²) in [5.41, 5.74) is 0. The highest BCUT2D eigenvalue weighted by Gasteiger charge is 2.62. The summed E-state index contributed by atoms with van der Waals surface area (Å²) in [5.74, 6) is 2.19. The molecule has 0 aromatic heterocycles. The fourth-order valence-electron chi connectivity index (χ4n) is 3.25. The fraction of sp³-hybridized carbons (Fsp3) is 1.00. The number of ether oxygens (including phenoxy) is 1. The molecular weight excluding hydrogens is 152 g/mol. The first-order chi connectivity index (χ1) is 6.54. The van der Waals surface area contributed by atoms with Crippen LogP contribution in [0.5, 0.6) is 0 Å². The van der Waals surface area contributed by atoms with Gasteiger partial charge in [0.05, 0.1) is 12.2 Å². The third kappa shape index (κ3) is 0.799. The predicted octanol–water partition coefficient (Wildman–Crippen LogP) is 0.584. The predicted molar refractivity (Wildman–Crippen MR) is 47.7 cm³/mol. The number of hydrogen-bond acceptors (Lipinski definition) is 1. The lowest BCUT2D eigenvalue weighted by molar-refractivity contribution is 0.249. The van der Waals surface area contributed by atoms with Crippen LogP contribution in [0.2, 0.25) is 6.04 Å². The number of epoxide rings is 1. The van der Waals surface area contributed by atoms with Gasteiger partial charge in [-0.15, -0.1) is 0 Å². The first-order valence-corrected chi connectivity index (χ1v) is 5.41. The van der Waals surface area contributed by atoms with E-state index in [-0.39, 0.29) is 0 Å². The highest BCUT2D eigenvalue weighted by atomic mass is 28.1. The molecule has 2 saturated carbocycles. The van der Waals surface area contributed by atoms with Crippen molar-refractivity contribution in [2.24, 2.45) is 17.8 Å². The molecule has 1 nitrogen and oxygen atoms in total. The Morgan fingerprint density at radius 2 is 2.45 bits per heavy atom. The summed E-state index contributed by atoms with van der Waals surface area (Å²) in [6.45, 7) is 0. The van der Waals surface area contributed by atoms with Crippen molar-refractivity contribution < 1.29 is 4.74 Å². The molecule has 2 heteroatoms. The van der Waals surface area contributed by atoms with Crippen LogP contribution in [-0.2, 0) is 4.74 Å². The van der Waals surface area contributed by atoms with E-state index in [1.165, 1.54) is 12.8 Å². The van der Waals surface area contributed by atoms with E-state index < -0.39 is 10.0 Å². The third-order valence-electron chi connectivity index (χ3n) is 3.75. The topological polar surface area (TPSA) is 12.5 Å². The van der Waals surface area contributed by atoms with Gasteiger partial charge in [-0.1, -0.05) is 12.5 Å². The van der Waals surface area contributed by atoms with Crippen molar-refractivity contribution >= 4 is 10.0 Å². The molecule has 0 amide bonds. The average molecular weight is 174 g/mol. The first-order valence-electron chi connectivity index (χ1n) is 6.20. The molecular formula is C9H16OSi. The van der Waals surface area contributed by atoms with E-state index in [1.54, 1.807) is 0 Å². The molecule has 2 aliphatic carbocycles. The molecule has 2 bridgehead atoms. The van der Waals surface area contributed by atoms with E-state index in [9.17, 15) is 0 Å². The Hall–Kier alpha value is 0.177. The van der Waals surface area contributed by atoms with E-state index >= 15 is 0 Å². The summed E-state index contributed by atoms with van der Waals surface area (Å²) >= 11 is 0. The molecule has 3 fully saturated rings. The van der Waals surface area contributed by atoms with Crippen LogP contribution in [0.25, 0.3) is 0 Å². The minimum absolute atomic E-state index is 0.526. The zero-order valence-electron chi connectivity index (χ0n) is 9.62. The highest BCUT2D eigenvalue weighted by molar-refractivity contribution is 6.08. The van der Waals surface area contributed by atoms with Crippen molar-refractivity contribution in [2.45, 2.75) is 37.5 Å². The van der Waals surface area contributed by atoms with Crippen LogP contribution in [0.1, 0.15) is 19.3 Å². The number of fused-ring (bicyclic) bond motifs is 5. The summed E-state index contributed by atoms with van der Waals surface area (Å²) < 4.78 is 27.6. The van der Waals surface area contributed by atoms with Crippen molar-refractivity contribution in [1.29, 1.82) is 3.70 Å². The maximum atomic E-state index is 7.33. The van der Waals surface area contributed by atoms with Crippen LogP contribution < -0.4 is 0 Å². The standard InChI is InChI=1S/C9H16OSi/c11-2-1-5-3-6-4-7(5)9-8(6)10-9/h5-9H,1-4H2,11H3/i11T3. The average Bonchev–Trinajstić information content (AvgIpc) is 2.69. The molecule has 3 rings (SSSR count). The molecule has 1 aliphatic heterocycles. The van der Waals surface area contributed by atoms with Gasteiger partial charge in [0.15, 0.2) is 0 Å². The van der Waals surface area contributed by atoms with E-state index in [2.05, 4.69) is 0 Å². The lowest BCUT2D eigenvalue weighted by atomic mass is 9.87. The van der Waals surface area contributed by atoms with Gasteiger partial charge in [-0.2, -0.15) is 0 Å². The zero-order chi connectivity index (χ0) is 9.92. The lowest BCUT2D eigenvalue weighted by Gasteiger charge is -2.17. The first kappa shape index (κ1) is 4.42. The van der Waals surface area contributed by atoms with Crippen molar-refractivity contribution in [3.63, 3.8) is 0 Å². The molecule has 0 aromatic carbocycles. The monoisotopic (exact) mass is 174 g/mol. The van der Waals surface area contributed by atoms with Gasteiger partial charge in [0.1, 0.15) is 0 Å². The fourth-order valence-corrected chi connectivity index (χ4v) is 3.62. The number of hydrogen-bond donors (Lipinski definition) is 0. The molecule has 0 spiro atoms. The second-order valence-electron chi connectivity index (χ2n) is 4.26. The molecule has 5 unspecified atom stereocenters. The summed E-state index contributed by atoms with van der Waals surface area (Å²) in [4.78, 5) is 0. The molecule has 62 valence electrons. The maximum Gasteiger partial charge on any atom is 0.0875 e. The van der Waals surface area contributed by atoms with Crippen molar-refractivity contribution in [3.8, 4) is 0 Å². The highest BCUT2D eigenvalue weighted by Crippen LogP contribution is 2.59. The van der Waals surface area contributed by atoms with Crippen LogP contribution in [0.4, 0.5) is 0 Å². The van der Waals surface area contributed by atoms with Gasteiger partial charge in [-0.05, 0) is 30.6 Å². The van der Waals surface area contributed by atoms with Gasteiger partial charge in [-0.25, -0.2) is 0 Å². The van der Waals surface area contributed by atoms with Gasteiger partial charge >= 0.3 is 0 Å². The Balaban J connectivity index is 1.56. The van der Waals surface area contributed by atoms with Gasteiger partial charge in [0.2, 0.25) is 0 Å². The van der Waals surface area contributed by atoms with Crippen LogP contribution in [0, 0.1) is 17.8 Å². The van der Waals surface area contributed by atoms with E-state index in [4.69, 9.17) is 8.44 Å². The molecule has 0 N–H and O–H groups in total. The van der Waals surface area contributed by atoms with Gasteiger partial charge in [0.25, 0.3) is 0 Å². The SMILES string of the molecule is [3H][Si]([3H])([3H])CCC1CC2CC1C1OC21. The molecule has 1 heterocycles. The molecule has 5 atom stereocenters. The molecule has 0 radical (unpaired) electrons. The van der Waals surface area contributed by atoms with E-state index in [0.717, 1.165) is 18.3 Å². The summed E-state index contributed by atoms with van der Waals surface area (Å²) in [6, 6.07) is 0.526. The smallest absolute Gasteiger partial charge is 0.0875 e. The molecule has 0 aromatic rings. The second kappa shape index (κ2) is 2.11. The van der Waals surface area contributed by atoms with Crippen molar-refractivity contribution in [3.05, 3.63) is 0 Å². The quantitative estimate of drug-likeness (QED) is 0.450. The summed E-state index contributed by atoms with van der Waals surface area (Å²) in [5, 5.41) is 0. The molecule has 1 saturated heterocycles. The van der Waals surface area contributed by atoms with Gasteiger partial charge in [0, 0.05) is 13.7 Å². The summed E-state index contributed by atoms with van der Waals surface area (Å²) in [6.07, 6.45) is 4.63. The second-order valence-corrected chi connectivity index (χ2v) is 4.76. The molecule has 3 aliphatic rings. The van der Waals surface area contributed by atoms with Crippen molar-refractivity contribution in [1.82, 2.24) is 0 Å². The Morgan fingerprint density at radius 1 is 1.45 bits per heavy atom. The van der Waals surface area contributed by atoms with Crippen LogP contribution in [0.3, 0.4) is 0 Å². The van der Waals surface area contributed by atoms with Crippen LogP contribution >= 0.6 is 0 Å². The lowest BCUT2D eigenvalue weighted by Crippen LogP contribution is -2.17. The summed E-state index contributed by atoms with van der Waals surface area (Å²) in [7, 11) is -3.05. The van der Waals surface area contributed by atoms with Crippen LogP contribution in [-0.4, -0.2) is 26.0 Å². The Bertz CT molecular complexity index is 255. The Labute approximate surface area is 74.6 Å². The van der Waals surface area contributed by atoms with Crippen molar-refractivity contribution in [2.75, 3.05) is 0 Å². The van der Waals surface area contributed by atoms with E-state index in [1.807, 2.05) is 0 Å². The molecule has 11 heavy (non-hydrogen) atoms. The normalized spacial score (nSPS) is 63.3. The largest absolute Gasteiger partial charge is 0.369 e. The Morgan fingerprint density at radius 3 is 3.18 bits per heavy atom. The third-order valence-corrected chi connectivity index (χ3v) is 4.04. The maximum absolute atomic E-state index is 7.33. The van der Waals surface area contributed by atoms with E-state index in [0.29, 0.717) is 24.2 Å². The zero-order valence-corrected chi connectivity index (χ0v) is 7.62. The van der Waals surface area contributed by atoms with Gasteiger partial charge in [-0.3, -0.25) is 0 Å².